The number of carbonyl (C=O) groups is 1. The first-order valence-electron chi connectivity index (χ1n) is 11.1. The van der Waals surface area contributed by atoms with Crippen molar-refractivity contribution in [1.82, 2.24) is 14.8 Å². The summed E-state index contributed by atoms with van der Waals surface area (Å²) < 4.78 is 27.3. The van der Waals surface area contributed by atoms with Crippen LogP contribution in [0.3, 0.4) is 0 Å². The van der Waals surface area contributed by atoms with E-state index in [-0.39, 0.29) is 21.4 Å². The second kappa shape index (κ2) is 9.25. The zero-order chi connectivity index (χ0) is 23.7. The molecule has 0 unspecified atom stereocenters. The predicted octanol–water partition coefficient (Wildman–Crippen LogP) is 4.61. The molecule has 0 atom stereocenters. The number of aromatic nitrogens is 1. The maximum Gasteiger partial charge on any atom is 0.271 e. The number of piperazine rings is 1. The Kier molecular flexibility index (Phi) is 6.16. The number of aromatic amines is 1. The molecule has 4 aromatic rings. The van der Waals surface area contributed by atoms with E-state index in [1.54, 1.807) is 23.1 Å². The lowest BCUT2D eigenvalue weighted by molar-refractivity contribution is 0.0620. The third-order valence-corrected chi connectivity index (χ3v) is 8.28. The van der Waals surface area contributed by atoms with Crippen molar-refractivity contribution in [3.05, 3.63) is 95.1 Å². The highest BCUT2D eigenvalue weighted by atomic mass is 35.5. The van der Waals surface area contributed by atoms with Gasteiger partial charge >= 0.3 is 0 Å². The van der Waals surface area contributed by atoms with E-state index >= 15 is 0 Å². The van der Waals surface area contributed by atoms with Crippen LogP contribution < -0.4 is 0 Å². The summed E-state index contributed by atoms with van der Waals surface area (Å²) in [5.41, 5.74) is 1.95. The molecule has 1 aromatic heterocycles. The Morgan fingerprint density at radius 3 is 2.21 bits per heavy atom. The molecule has 0 aliphatic carbocycles. The van der Waals surface area contributed by atoms with Gasteiger partial charge in [-0.2, -0.15) is 0 Å². The number of nitrogens with one attached hydrogen (secondary N) is 1. The summed E-state index contributed by atoms with van der Waals surface area (Å²) in [7, 11) is -3.95. The highest BCUT2D eigenvalue weighted by Gasteiger charge is 2.32. The lowest BCUT2D eigenvalue weighted by Crippen LogP contribution is -2.48. The summed E-state index contributed by atoms with van der Waals surface area (Å²) in [6.07, 6.45) is 0. The molecule has 1 aliphatic heterocycles. The van der Waals surface area contributed by atoms with Crippen LogP contribution in [-0.2, 0) is 16.4 Å². The summed E-state index contributed by atoms with van der Waals surface area (Å²) >= 11 is 5.96. The van der Waals surface area contributed by atoms with Gasteiger partial charge in [0, 0.05) is 48.6 Å². The Hall–Kier alpha value is -3.13. The van der Waals surface area contributed by atoms with Gasteiger partial charge < -0.3 is 9.88 Å². The molecule has 0 saturated carbocycles. The zero-order valence-corrected chi connectivity index (χ0v) is 20.0. The molecule has 1 aliphatic rings. The van der Waals surface area contributed by atoms with Crippen LogP contribution in [0.5, 0.6) is 0 Å². The van der Waals surface area contributed by atoms with E-state index in [1.807, 2.05) is 24.3 Å². The number of para-hydroxylation sites is 1. The Morgan fingerprint density at radius 1 is 0.853 bits per heavy atom. The largest absolute Gasteiger partial charge is 0.349 e. The number of nitrogens with zero attached hydrogens (tertiary/aromatic N) is 2. The minimum Gasteiger partial charge on any atom is -0.349 e. The van der Waals surface area contributed by atoms with E-state index < -0.39 is 9.84 Å². The van der Waals surface area contributed by atoms with Gasteiger partial charge in [0.2, 0.25) is 9.84 Å². The third-order valence-electron chi connectivity index (χ3n) is 6.17. The molecule has 174 valence electrons. The van der Waals surface area contributed by atoms with Gasteiger partial charge in [-0.15, -0.1) is 0 Å². The number of benzene rings is 3. The van der Waals surface area contributed by atoms with E-state index in [0.29, 0.717) is 29.0 Å². The van der Waals surface area contributed by atoms with Gasteiger partial charge in [0.15, 0.2) is 0 Å². The molecule has 1 saturated heterocycles. The van der Waals surface area contributed by atoms with Gasteiger partial charge in [-0.1, -0.05) is 60.1 Å². The number of H-pyrrole nitrogens is 1. The summed E-state index contributed by atoms with van der Waals surface area (Å²) in [5, 5.41) is 0.950. The van der Waals surface area contributed by atoms with E-state index in [0.717, 1.165) is 19.6 Å². The minimum absolute atomic E-state index is 0.0159. The Labute approximate surface area is 203 Å². The van der Waals surface area contributed by atoms with E-state index in [1.165, 1.54) is 29.8 Å². The first-order chi connectivity index (χ1) is 16.4. The lowest BCUT2D eigenvalue weighted by Gasteiger charge is -2.34. The summed E-state index contributed by atoms with van der Waals surface area (Å²) in [6, 6.07) is 23.3. The van der Waals surface area contributed by atoms with Crippen LogP contribution in [0.4, 0.5) is 0 Å². The zero-order valence-electron chi connectivity index (χ0n) is 18.4. The first-order valence-corrected chi connectivity index (χ1v) is 13.0. The van der Waals surface area contributed by atoms with Gasteiger partial charge in [0.05, 0.1) is 4.90 Å². The van der Waals surface area contributed by atoms with Gasteiger partial charge in [-0.05, 0) is 35.9 Å². The maximum absolute atomic E-state index is 13.6. The molecule has 3 aromatic carbocycles. The molecule has 0 radical (unpaired) electrons. The van der Waals surface area contributed by atoms with Crippen LogP contribution in [0.1, 0.15) is 16.1 Å². The van der Waals surface area contributed by atoms with Crippen molar-refractivity contribution >= 4 is 38.2 Å². The fraction of sp³-hybridized carbons (Fsp3) is 0.192. The highest BCUT2D eigenvalue weighted by molar-refractivity contribution is 7.91. The maximum atomic E-state index is 13.6. The summed E-state index contributed by atoms with van der Waals surface area (Å²) in [4.78, 5) is 20.8. The van der Waals surface area contributed by atoms with Crippen LogP contribution in [0, 0.1) is 0 Å². The topological polar surface area (TPSA) is 73.5 Å². The van der Waals surface area contributed by atoms with Gasteiger partial charge in [-0.3, -0.25) is 9.69 Å². The van der Waals surface area contributed by atoms with Gasteiger partial charge in [0.25, 0.3) is 5.91 Å². The molecule has 0 spiro atoms. The Balaban J connectivity index is 1.44. The number of fused-ring (bicyclic) bond motifs is 1. The molecule has 1 N–H and O–H groups in total. The van der Waals surface area contributed by atoms with E-state index in [9.17, 15) is 13.2 Å². The lowest BCUT2D eigenvalue weighted by atomic mass is 10.2. The molecular formula is C26H24ClN3O3S. The molecule has 1 amide bonds. The quantitative estimate of drug-likeness (QED) is 0.440. The highest BCUT2D eigenvalue weighted by Crippen LogP contribution is 2.33. The molecule has 2 heterocycles. The minimum atomic E-state index is -3.95. The third kappa shape index (κ3) is 4.34. The number of carbonyl (C=O) groups excluding carboxylic acids is 1. The van der Waals surface area contributed by atoms with Crippen molar-refractivity contribution in [1.29, 1.82) is 0 Å². The second-order valence-corrected chi connectivity index (χ2v) is 10.7. The van der Waals surface area contributed by atoms with Crippen LogP contribution in [0.15, 0.2) is 88.7 Å². The molecule has 1 fully saturated rings. The van der Waals surface area contributed by atoms with Crippen molar-refractivity contribution in [3.63, 3.8) is 0 Å². The average Bonchev–Trinajstić information content (AvgIpc) is 3.25. The molecule has 8 heteroatoms. The fourth-order valence-corrected chi connectivity index (χ4v) is 6.12. The van der Waals surface area contributed by atoms with Gasteiger partial charge in [0.1, 0.15) is 10.6 Å². The second-order valence-electron chi connectivity index (χ2n) is 8.39. The van der Waals surface area contributed by atoms with Crippen molar-refractivity contribution in [2.75, 3.05) is 26.2 Å². The normalized spacial score (nSPS) is 15.0. The Morgan fingerprint density at radius 2 is 1.50 bits per heavy atom. The van der Waals surface area contributed by atoms with Crippen LogP contribution in [0.2, 0.25) is 5.02 Å². The predicted molar refractivity (Wildman–Crippen MR) is 133 cm³/mol. The summed E-state index contributed by atoms with van der Waals surface area (Å²) in [5.74, 6) is -0.303. The molecular weight excluding hydrogens is 470 g/mol. The average molecular weight is 494 g/mol. The van der Waals surface area contributed by atoms with Crippen LogP contribution >= 0.6 is 11.6 Å². The van der Waals surface area contributed by atoms with Crippen molar-refractivity contribution < 1.29 is 13.2 Å². The number of rotatable bonds is 5. The first kappa shape index (κ1) is 22.7. The van der Waals surface area contributed by atoms with E-state index in [2.05, 4.69) is 22.0 Å². The van der Waals surface area contributed by atoms with Crippen LogP contribution in [0.25, 0.3) is 10.9 Å². The van der Waals surface area contributed by atoms with Gasteiger partial charge in [-0.25, -0.2) is 8.42 Å². The number of hydrogen-bond acceptors (Lipinski definition) is 4. The van der Waals surface area contributed by atoms with Crippen molar-refractivity contribution in [2.24, 2.45) is 0 Å². The standard InChI is InChI=1S/C26H24ClN3O3S/c27-20-10-12-21(13-11-20)34(32,33)25-22-8-4-5-9-23(22)28-24(25)26(31)30-16-14-29(15-17-30)18-19-6-2-1-3-7-19/h1-13,28H,14-18H2. The smallest absolute Gasteiger partial charge is 0.271 e. The number of halogens is 1. The number of hydrogen-bond donors (Lipinski definition) is 1. The number of amides is 1. The van der Waals surface area contributed by atoms with Crippen molar-refractivity contribution in [2.45, 2.75) is 16.3 Å². The molecule has 34 heavy (non-hydrogen) atoms. The van der Waals surface area contributed by atoms with Crippen LogP contribution in [-0.4, -0.2) is 55.3 Å². The monoisotopic (exact) mass is 493 g/mol. The van der Waals surface area contributed by atoms with Crippen molar-refractivity contribution in [3.8, 4) is 0 Å². The fourth-order valence-electron chi connectivity index (χ4n) is 4.39. The molecule has 6 nitrogen and oxygen atoms in total. The SMILES string of the molecule is O=C(c1[nH]c2ccccc2c1S(=O)(=O)c1ccc(Cl)cc1)N1CCN(Cc2ccccc2)CC1. The molecule has 0 bridgehead atoms. The molecule has 5 rings (SSSR count). The van der Waals surface area contributed by atoms with E-state index in [4.69, 9.17) is 11.6 Å². The Bertz CT molecular complexity index is 1430. The number of sulfone groups is 1. The summed E-state index contributed by atoms with van der Waals surface area (Å²) in [6.45, 7) is 3.33.